The van der Waals surface area contributed by atoms with E-state index >= 15 is 0 Å². The topological polar surface area (TPSA) is 107 Å². The summed E-state index contributed by atoms with van der Waals surface area (Å²) in [6, 6.07) is 18.6. The molecule has 33 heavy (non-hydrogen) atoms. The molecule has 1 fully saturated rings. The number of aromatic amines is 1. The molecule has 4 aromatic rings. The zero-order valence-corrected chi connectivity index (χ0v) is 17.9. The van der Waals surface area contributed by atoms with Crippen LogP contribution in [0.15, 0.2) is 60.7 Å². The van der Waals surface area contributed by atoms with Crippen molar-refractivity contribution in [3.8, 4) is 28.6 Å². The van der Waals surface area contributed by atoms with E-state index in [4.69, 9.17) is 11.6 Å². The number of hydrogen-bond acceptors (Lipinski definition) is 5. The standard InChI is InChI=1S/C24H16ClFN6O/c25-17-3-1-2-16(11-17)24(6-7-24)23(33)28-19-4-5-20(21(12-19)22-29-31-32-30-22)15-8-14(13-27)9-18(26)10-15/h1-5,8-12H,6-7H2,(H,28,33)(H,29,30,31,32). The van der Waals surface area contributed by atoms with Crippen LogP contribution in [0.25, 0.3) is 22.5 Å². The molecule has 1 saturated carbocycles. The van der Waals surface area contributed by atoms with Crippen LogP contribution in [0.4, 0.5) is 10.1 Å². The van der Waals surface area contributed by atoms with Crippen molar-refractivity contribution in [2.45, 2.75) is 18.3 Å². The van der Waals surface area contributed by atoms with Crippen molar-refractivity contribution in [3.63, 3.8) is 0 Å². The Morgan fingerprint density at radius 3 is 2.67 bits per heavy atom. The summed E-state index contributed by atoms with van der Waals surface area (Å²) in [7, 11) is 0. The quantitative estimate of drug-likeness (QED) is 0.443. The van der Waals surface area contributed by atoms with Crippen molar-refractivity contribution in [1.82, 2.24) is 20.6 Å². The van der Waals surface area contributed by atoms with Gasteiger partial charge in [0.2, 0.25) is 5.91 Å². The fourth-order valence-corrected chi connectivity index (χ4v) is 4.15. The maximum Gasteiger partial charge on any atom is 0.235 e. The second-order valence-corrected chi connectivity index (χ2v) is 8.33. The molecular weight excluding hydrogens is 443 g/mol. The fourth-order valence-electron chi connectivity index (χ4n) is 3.96. The van der Waals surface area contributed by atoms with E-state index in [-0.39, 0.29) is 11.5 Å². The number of benzene rings is 3. The third kappa shape index (κ3) is 3.95. The van der Waals surface area contributed by atoms with Gasteiger partial charge in [0, 0.05) is 16.3 Å². The number of H-pyrrole nitrogens is 1. The number of nitrogens with one attached hydrogen (secondary N) is 2. The van der Waals surface area contributed by atoms with Gasteiger partial charge in [0.05, 0.1) is 17.0 Å². The summed E-state index contributed by atoms with van der Waals surface area (Å²) in [5.74, 6) is -0.309. The Balaban J connectivity index is 1.52. The van der Waals surface area contributed by atoms with Gasteiger partial charge in [-0.25, -0.2) is 9.49 Å². The van der Waals surface area contributed by atoms with Gasteiger partial charge in [0.1, 0.15) is 5.82 Å². The molecule has 1 aliphatic carbocycles. The number of anilines is 1. The van der Waals surface area contributed by atoms with Gasteiger partial charge < -0.3 is 5.32 Å². The minimum absolute atomic E-state index is 0.128. The molecule has 3 aromatic carbocycles. The molecule has 162 valence electrons. The number of nitriles is 1. The van der Waals surface area contributed by atoms with Crippen LogP contribution in [0, 0.1) is 17.1 Å². The number of rotatable bonds is 5. The Morgan fingerprint density at radius 1 is 1.12 bits per heavy atom. The third-order valence-corrected chi connectivity index (χ3v) is 6.01. The van der Waals surface area contributed by atoms with E-state index in [0.717, 1.165) is 18.4 Å². The Morgan fingerprint density at radius 2 is 1.97 bits per heavy atom. The second kappa shape index (κ2) is 8.11. The van der Waals surface area contributed by atoms with E-state index in [1.807, 2.05) is 24.3 Å². The lowest BCUT2D eigenvalue weighted by Gasteiger charge is -2.17. The summed E-state index contributed by atoms with van der Waals surface area (Å²) in [6.07, 6.45) is 1.47. The third-order valence-electron chi connectivity index (χ3n) is 5.78. The lowest BCUT2D eigenvalue weighted by atomic mass is 9.94. The summed E-state index contributed by atoms with van der Waals surface area (Å²) in [6.45, 7) is 0. The minimum Gasteiger partial charge on any atom is -0.325 e. The predicted molar refractivity (Wildman–Crippen MR) is 121 cm³/mol. The molecule has 0 atom stereocenters. The summed E-state index contributed by atoms with van der Waals surface area (Å²) in [4.78, 5) is 13.2. The van der Waals surface area contributed by atoms with Gasteiger partial charge in [-0.15, -0.1) is 5.10 Å². The maximum absolute atomic E-state index is 14.1. The first-order chi connectivity index (χ1) is 16.0. The van der Waals surface area contributed by atoms with E-state index in [1.165, 1.54) is 12.1 Å². The Labute approximate surface area is 193 Å². The number of carbonyl (C=O) groups is 1. The van der Waals surface area contributed by atoms with E-state index in [0.29, 0.717) is 33.2 Å². The summed E-state index contributed by atoms with van der Waals surface area (Å²) in [5, 5.41) is 26.7. The molecule has 0 spiro atoms. The van der Waals surface area contributed by atoms with Crippen LogP contribution in [-0.4, -0.2) is 26.5 Å². The molecule has 9 heteroatoms. The van der Waals surface area contributed by atoms with Crippen molar-refractivity contribution in [2.75, 3.05) is 5.32 Å². The average Bonchev–Trinajstić information content (AvgIpc) is 3.45. The normalized spacial score (nSPS) is 13.8. The molecule has 0 unspecified atom stereocenters. The largest absolute Gasteiger partial charge is 0.325 e. The van der Waals surface area contributed by atoms with Crippen LogP contribution in [0.2, 0.25) is 5.02 Å². The van der Waals surface area contributed by atoms with Crippen molar-refractivity contribution >= 4 is 23.2 Å². The molecule has 1 aliphatic rings. The molecule has 7 nitrogen and oxygen atoms in total. The van der Waals surface area contributed by atoms with Gasteiger partial charge in [-0.2, -0.15) is 5.26 Å². The average molecular weight is 459 g/mol. The monoisotopic (exact) mass is 458 g/mol. The number of nitrogens with zero attached hydrogens (tertiary/aromatic N) is 4. The van der Waals surface area contributed by atoms with E-state index < -0.39 is 11.2 Å². The first-order valence-corrected chi connectivity index (χ1v) is 10.5. The van der Waals surface area contributed by atoms with Gasteiger partial charge in [-0.3, -0.25) is 4.79 Å². The van der Waals surface area contributed by atoms with Crippen LogP contribution in [0.1, 0.15) is 24.0 Å². The number of carbonyl (C=O) groups excluding carboxylic acids is 1. The van der Waals surface area contributed by atoms with Gasteiger partial charge in [-0.05, 0) is 82.4 Å². The van der Waals surface area contributed by atoms with Crippen LogP contribution in [0.3, 0.4) is 0 Å². The van der Waals surface area contributed by atoms with Crippen molar-refractivity contribution < 1.29 is 9.18 Å². The van der Waals surface area contributed by atoms with Crippen LogP contribution in [-0.2, 0) is 10.2 Å². The van der Waals surface area contributed by atoms with Gasteiger partial charge >= 0.3 is 0 Å². The number of aromatic nitrogens is 4. The van der Waals surface area contributed by atoms with Crippen molar-refractivity contribution in [2.24, 2.45) is 0 Å². The van der Waals surface area contributed by atoms with Crippen LogP contribution < -0.4 is 5.32 Å². The predicted octanol–water partition coefficient (Wildman–Crippen LogP) is 4.87. The zero-order chi connectivity index (χ0) is 23.0. The number of tetrazole rings is 1. The summed E-state index contributed by atoms with van der Waals surface area (Å²) >= 11 is 6.13. The van der Waals surface area contributed by atoms with Gasteiger partial charge in [0.25, 0.3) is 0 Å². The molecule has 0 saturated heterocycles. The molecular formula is C24H16ClFN6O. The number of amides is 1. The minimum atomic E-state index is -0.609. The van der Waals surface area contributed by atoms with E-state index in [1.54, 1.807) is 30.3 Å². The Bertz CT molecular complexity index is 1410. The van der Waals surface area contributed by atoms with Gasteiger partial charge in [0.15, 0.2) is 5.82 Å². The van der Waals surface area contributed by atoms with Crippen LogP contribution in [0.5, 0.6) is 0 Å². The molecule has 5 rings (SSSR count). The Hall–Kier alpha value is -4.09. The van der Waals surface area contributed by atoms with E-state index in [9.17, 15) is 14.4 Å². The SMILES string of the molecule is N#Cc1cc(F)cc(-c2ccc(NC(=O)C3(c4cccc(Cl)c4)CC3)cc2-c2nnn[nH]2)c1. The molecule has 1 heterocycles. The molecule has 0 bridgehead atoms. The fraction of sp³-hybridized carbons (Fsp3) is 0.125. The number of hydrogen-bond donors (Lipinski definition) is 2. The highest BCUT2D eigenvalue weighted by Crippen LogP contribution is 2.49. The molecule has 0 radical (unpaired) electrons. The molecule has 1 aromatic heterocycles. The van der Waals surface area contributed by atoms with Crippen molar-refractivity contribution in [1.29, 1.82) is 5.26 Å². The lowest BCUT2D eigenvalue weighted by molar-refractivity contribution is -0.118. The molecule has 0 aliphatic heterocycles. The van der Waals surface area contributed by atoms with Crippen molar-refractivity contribution in [3.05, 3.63) is 82.6 Å². The summed E-state index contributed by atoms with van der Waals surface area (Å²) < 4.78 is 14.1. The smallest absolute Gasteiger partial charge is 0.235 e. The first-order valence-electron chi connectivity index (χ1n) is 10.2. The van der Waals surface area contributed by atoms with E-state index in [2.05, 4.69) is 25.9 Å². The highest BCUT2D eigenvalue weighted by atomic mass is 35.5. The second-order valence-electron chi connectivity index (χ2n) is 7.90. The zero-order valence-electron chi connectivity index (χ0n) is 17.1. The molecule has 2 N–H and O–H groups in total. The Kier molecular flexibility index (Phi) is 5.11. The first kappa shape index (κ1) is 20.8. The number of halogens is 2. The highest BCUT2D eigenvalue weighted by Gasteiger charge is 2.51. The van der Waals surface area contributed by atoms with Crippen LogP contribution >= 0.6 is 11.6 Å². The maximum atomic E-state index is 14.1. The molecule has 1 amide bonds. The van der Waals surface area contributed by atoms with Gasteiger partial charge in [-0.1, -0.05) is 29.8 Å². The highest BCUT2D eigenvalue weighted by molar-refractivity contribution is 6.30. The summed E-state index contributed by atoms with van der Waals surface area (Å²) in [5.41, 5.74) is 2.67. The lowest BCUT2D eigenvalue weighted by Crippen LogP contribution is -2.27.